The van der Waals surface area contributed by atoms with Crippen molar-refractivity contribution in [3.05, 3.63) is 47.1 Å². The quantitative estimate of drug-likeness (QED) is 0.572. The summed E-state index contributed by atoms with van der Waals surface area (Å²) in [5.41, 5.74) is -0.00539. The Balaban J connectivity index is 1.95. The standard InChI is InChI=1S/C13H6ClF3N2S2/c14-10-5-7(13(15,16)17)6-11(19-10)21-12-18-8-3-1-2-4-9(8)20-12/h1-6H. The third kappa shape index (κ3) is 3.30. The summed E-state index contributed by atoms with van der Waals surface area (Å²) in [6, 6.07) is 9.28. The molecular weight excluding hydrogens is 341 g/mol. The number of pyridine rings is 1. The van der Waals surface area contributed by atoms with Crippen molar-refractivity contribution in [1.82, 2.24) is 9.97 Å². The van der Waals surface area contributed by atoms with Crippen LogP contribution in [-0.4, -0.2) is 9.97 Å². The molecule has 0 radical (unpaired) electrons. The molecule has 0 atom stereocenters. The molecule has 0 saturated carbocycles. The van der Waals surface area contributed by atoms with Crippen LogP contribution in [0.15, 0.2) is 45.8 Å². The van der Waals surface area contributed by atoms with Crippen molar-refractivity contribution in [2.75, 3.05) is 0 Å². The molecule has 0 aliphatic rings. The highest BCUT2D eigenvalue weighted by Gasteiger charge is 2.31. The molecule has 3 rings (SSSR count). The molecule has 0 aliphatic carbocycles. The molecule has 0 saturated heterocycles. The number of nitrogens with zero attached hydrogens (tertiary/aromatic N) is 2. The van der Waals surface area contributed by atoms with Gasteiger partial charge in [0.1, 0.15) is 10.2 Å². The van der Waals surface area contributed by atoms with Gasteiger partial charge in [-0.3, -0.25) is 0 Å². The van der Waals surface area contributed by atoms with Gasteiger partial charge in [0.2, 0.25) is 0 Å². The second-order valence-corrected chi connectivity index (χ2v) is 6.75. The topological polar surface area (TPSA) is 25.8 Å². The highest BCUT2D eigenvalue weighted by molar-refractivity contribution is 8.01. The Morgan fingerprint density at radius 2 is 1.86 bits per heavy atom. The van der Waals surface area contributed by atoms with Crippen LogP contribution in [0.5, 0.6) is 0 Å². The largest absolute Gasteiger partial charge is 0.416 e. The van der Waals surface area contributed by atoms with Crippen molar-refractivity contribution < 1.29 is 13.2 Å². The number of halogens is 4. The van der Waals surface area contributed by atoms with Gasteiger partial charge in [-0.25, -0.2) is 9.97 Å². The van der Waals surface area contributed by atoms with E-state index in [9.17, 15) is 13.2 Å². The summed E-state index contributed by atoms with van der Waals surface area (Å²) in [7, 11) is 0. The molecular formula is C13H6ClF3N2S2. The molecule has 0 amide bonds. The van der Waals surface area contributed by atoms with E-state index in [1.54, 1.807) is 0 Å². The zero-order chi connectivity index (χ0) is 15.0. The lowest BCUT2D eigenvalue weighted by Gasteiger charge is -2.08. The Morgan fingerprint density at radius 1 is 1.10 bits per heavy atom. The maximum Gasteiger partial charge on any atom is 0.416 e. The van der Waals surface area contributed by atoms with E-state index in [0.29, 0.717) is 4.34 Å². The number of hydrogen-bond acceptors (Lipinski definition) is 4. The highest BCUT2D eigenvalue weighted by atomic mass is 35.5. The molecule has 2 aromatic heterocycles. The molecule has 0 N–H and O–H groups in total. The van der Waals surface area contributed by atoms with Crippen molar-refractivity contribution in [2.24, 2.45) is 0 Å². The summed E-state index contributed by atoms with van der Waals surface area (Å²) in [5, 5.41) is -0.0117. The first-order valence-electron chi connectivity index (χ1n) is 5.70. The van der Waals surface area contributed by atoms with Gasteiger partial charge >= 0.3 is 6.18 Å². The van der Waals surface area contributed by atoms with Crippen molar-refractivity contribution in [1.29, 1.82) is 0 Å². The summed E-state index contributed by atoms with van der Waals surface area (Å²) >= 11 is 8.13. The summed E-state index contributed by atoms with van der Waals surface area (Å²) in [6.45, 7) is 0. The Kier molecular flexibility index (Phi) is 3.81. The molecule has 21 heavy (non-hydrogen) atoms. The SMILES string of the molecule is FC(F)(F)c1cc(Cl)nc(Sc2nc3ccccc3s2)c1. The Morgan fingerprint density at radius 3 is 2.57 bits per heavy atom. The van der Waals surface area contributed by atoms with Crippen LogP contribution in [0, 0.1) is 0 Å². The molecule has 3 aromatic rings. The van der Waals surface area contributed by atoms with Crippen LogP contribution in [0.25, 0.3) is 10.2 Å². The van der Waals surface area contributed by atoms with E-state index in [4.69, 9.17) is 11.6 Å². The first kappa shape index (κ1) is 14.6. The van der Waals surface area contributed by atoms with E-state index in [1.165, 1.54) is 11.3 Å². The van der Waals surface area contributed by atoms with Gasteiger partial charge in [0.25, 0.3) is 0 Å². The van der Waals surface area contributed by atoms with Crippen LogP contribution < -0.4 is 0 Å². The zero-order valence-electron chi connectivity index (χ0n) is 10.2. The normalized spacial score (nSPS) is 12.0. The molecule has 108 valence electrons. The fraction of sp³-hybridized carbons (Fsp3) is 0.0769. The van der Waals surface area contributed by atoms with Crippen LogP contribution >= 0.6 is 34.7 Å². The van der Waals surface area contributed by atoms with Gasteiger partial charge < -0.3 is 0 Å². The number of alkyl halides is 3. The lowest BCUT2D eigenvalue weighted by atomic mass is 10.3. The molecule has 0 bridgehead atoms. The number of rotatable bonds is 2. The minimum absolute atomic E-state index is 0.175. The first-order valence-corrected chi connectivity index (χ1v) is 7.71. The van der Waals surface area contributed by atoms with Crippen LogP contribution in [0.3, 0.4) is 0 Å². The second-order valence-electron chi connectivity index (χ2n) is 4.06. The molecule has 0 spiro atoms. The van der Waals surface area contributed by atoms with Crippen LogP contribution in [0.4, 0.5) is 13.2 Å². The lowest BCUT2D eigenvalue weighted by Crippen LogP contribution is -2.05. The fourth-order valence-corrected chi connectivity index (χ4v) is 3.97. The minimum Gasteiger partial charge on any atom is -0.229 e. The third-order valence-corrected chi connectivity index (χ3v) is 4.77. The van der Waals surface area contributed by atoms with Gasteiger partial charge in [-0.2, -0.15) is 13.2 Å². The molecule has 0 unspecified atom stereocenters. The number of thiazole rings is 1. The molecule has 8 heteroatoms. The number of para-hydroxylation sites is 1. The van der Waals surface area contributed by atoms with E-state index in [2.05, 4.69) is 9.97 Å². The average molecular weight is 347 g/mol. The third-order valence-electron chi connectivity index (χ3n) is 2.56. The summed E-state index contributed by atoms with van der Waals surface area (Å²) in [5.74, 6) is 0. The minimum atomic E-state index is -4.45. The van der Waals surface area contributed by atoms with Gasteiger partial charge in [-0.1, -0.05) is 23.7 Å². The van der Waals surface area contributed by atoms with E-state index >= 15 is 0 Å². The lowest BCUT2D eigenvalue weighted by molar-refractivity contribution is -0.137. The summed E-state index contributed by atoms with van der Waals surface area (Å²) < 4.78 is 39.8. The van der Waals surface area contributed by atoms with Crippen molar-refractivity contribution in [3.8, 4) is 0 Å². The fourth-order valence-electron chi connectivity index (χ4n) is 1.67. The molecule has 2 nitrogen and oxygen atoms in total. The van der Waals surface area contributed by atoms with Gasteiger partial charge in [0.15, 0.2) is 4.34 Å². The number of fused-ring (bicyclic) bond motifs is 1. The van der Waals surface area contributed by atoms with E-state index in [1.807, 2.05) is 24.3 Å². The predicted octanol–water partition coefficient (Wildman–Crippen LogP) is 5.51. The Labute approximate surface area is 131 Å². The summed E-state index contributed by atoms with van der Waals surface area (Å²) in [6.07, 6.45) is -4.45. The van der Waals surface area contributed by atoms with Gasteiger partial charge in [0, 0.05) is 0 Å². The number of aromatic nitrogens is 2. The first-order chi connectivity index (χ1) is 9.91. The molecule has 0 aliphatic heterocycles. The van der Waals surface area contributed by atoms with Crippen LogP contribution in [0.2, 0.25) is 5.15 Å². The predicted molar refractivity (Wildman–Crippen MR) is 78.0 cm³/mol. The average Bonchev–Trinajstić information content (AvgIpc) is 2.79. The van der Waals surface area contributed by atoms with Crippen molar-refractivity contribution in [3.63, 3.8) is 0 Å². The smallest absolute Gasteiger partial charge is 0.229 e. The maximum absolute atomic E-state index is 12.7. The van der Waals surface area contributed by atoms with Gasteiger partial charge in [0.05, 0.1) is 15.8 Å². The monoisotopic (exact) mass is 346 g/mol. The van der Waals surface area contributed by atoms with Gasteiger partial charge in [-0.15, -0.1) is 11.3 Å². The number of hydrogen-bond donors (Lipinski definition) is 0. The second kappa shape index (κ2) is 5.47. The van der Waals surface area contributed by atoms with Gasteiger partial charge in [-0.05, 0) is 36.0 Å². The van der Waals surface area contributed by atoms with Crippen LogP contribution in [-0.2, 0) is 6.18 Å². The van der Waals surface area contributed by atoms with Crippen molar-refractivity contribution >= 4 is 44.9 Å². The Hall–Kier alpha value is -1.31. The van der Waals surface area contributed by atoms with Crippen LogP contribution in [0.1, 0.15) is 5.56 Å². The maximum atomic E-state index is 12.7. The number of benzene rings is 1. The summed E-state index contributed by atoms with van der Waals surface area (Å²) in [4.78, 5) is 8.25. The molecule has 1 aromatic carbocycles. The van der Waals surface area contributed by atoms with E-state index in [-0.39, 0.29) is 10.2 Å². The van der Waals surface area contributed by atoms with E-state index < -0.39 is 11.7 Å². The highest BCUT2D eigenvalue weighted by Crippen LogP contribution is 2.37. The van der Waals surface area contributed by atoms with Crippen molar-refractivity contribution in [2.45, 2.75) is 15.5 Å². The molecule has 0 fully saturated rings. The zero-order valence-corrected chi connectivity index (χ0v) is 12.6. The molecule has 2 heterocycles. The van der Waals surface area contributed by atoms with E-state index in [0.717, 1.165) is 34.1 Å². The Bertz CT molecular complexity index is 768.